The van der Waals surface area contributed by atoms with Gasteiger partial charge in [-0.05, 0) is 52.2 Å². The van der Waals surface area contributed by atoms with E-state index in [1.807, 2.05) is 0 Å². The highest BCUT2D eigenvalue weighted by molar-refractivity contribution is 6.07. The topological polar surface area (TPSA) is 63.7 Å². The van der Waals surface area contributed by atoms with Crippen molar-refractivity contribution in [1.82, 2.24) is 4.90 Å². The Labute approximate surface area is 168 Å². The Morgan fingerprint density at radius 2 is 1.86 bits per heavy atom. The summed E-state index contributed by atoms with van der Waals surface area (Å²) in [5.74, 6) is -0.695. The molecule has 0 saturated carbocycles. The highest BCUT2D eigenvalue weighted by Crippen LogP contribution is 2.35. The van der Waals surface area contributed by atoms with Crippen molar-refractivity contribution in [2.75, 3.05) is 13.1 Å². The molecule has 0 aliphatic carbocycles. The average Bonchev–Trinajstić information content (AvgIpc) is 2.59. The normalized spacial score (nSPS) is 20.5. The molecule has 0 radical (unpaired) electrons. The van der Waals surface area contributed by atoms with Crippen LogP contribution in [0, 0.1) is 5.41 Å². The van der Waals surface area contributed by atoms with E-state index >= 15 is 0 Å². The largest absolute Gasteiger partial charge is 0.444 e. The number of benzene rings is 1. The van der Waals surface area contributed by atoms with E-state index in [1.165, 1.54) is 24.0 Å². The number of alkyl halides is 3. The van der Waals surface area contributed by atoms with Gasteiger partial charge < -0.3 is 9.64 Å². The second kappa shape index (κ2) is 8.16. The molecule has 0 spiro atoms. The SMILES string of the molecule is CC(=O)C1(CCc2cccc(C(F)(F)F)c2)CN(C(=O)OC(C)(C)C)CCC1=O. The molecular formula is C21H26F3NO4. The number of amides is 1. The number of likely N-dealkylation sites (tertiary alicyclic amines) is 1. The number of hydrogen-bond acceptors (Lipinski definition) is 4. The Bertz CT molecular complexity index is 798. The Morgan fingerprint density at radius 1 is 1.21 bits per heavy atom. The number of nitrogens with zero attached hydrogens (tertiary/aromatic N) is 1. The van der Waals surface area contributed by atoms with Crippen LogP contribution in [0.4, 0.5) is 18.0 Å². The van der Waals surface area contributed by atoms with Gasteiger partial charge >= 0.3 is 12.3 Å². The summed E-state index contributed by atoms with van der Waals surface area (Å²) >= 11 is 0. The van der Waals surface area contributed by atoms with E-state index < -0.39 is 34.6 Å². The lowest BCUT2D eigenvalue weighted by Crippen LogP contribution is -2.55. The zero-order chi connectivity index (χ0) is 22.0. The first-order valence-corrected chi connectivity index (χ1v) is 9.43. The lowest BCUT2D eigenvalue weighted by Gasteiger charge is -2.40. The molecule has 1 aliphatic heterocycles. The van der Waals surface area contributed by atoms with Crippen LogP contribution in [0.1, 0.15) is 51.7 Å². The van der Waals surface area contributed by atoms with Gasteiger partial charge in [-0.25, -0.2) is 4.79 Å². The van der Waals surface area contributed by atoms with Gasteiger partial charge in [-0.15, -0.1) is 0 Å². The predicted molar refractivity (Wildman–Crippen MR) is 100 cm³/mol. The molecule has 1 aromatic rings. The van der Waals surface area contributed by atoms with Gasteiger partial charge in [0.15, 0.2) is 0 Å². The number of halogens is 3. The van der Waals surface area contributed by atoms with Crippen LogP contribution in [-0.2, 0) is 26.9 Å². The average molecular weight is 413 g/mol. The minimum Gasteiger partial charge on any atom is -0.444 e. The van der Waals surface area contributed by atoms with Gasteiger partial charge in [0.25, 0.3) is 0 Å². The number of ketones is 2. The van der Waals surface area contributed by atoms with Crippen LogP contribution in [-0.4, -0.2) is 41.3 Å². The first-order chi connectivity index (χ1) is 13.2. The zero-order valence-corrected chi connectivity index (χ0v) is 17.1. The van der Waals surface area contributed by atoms with E-state index in [4.69, 9.17) is 4.74 Å². The second-order valence-corrected chi connectivity index (χ2v) is 8.41. The standard InChI is InChI=1S/C21H26F3NO4/c1-14(26)20(10-8-15-6-5-7-16(12-15)21(22,23)24)13-25(11-9-17(20)27)18(28)29-19(2,3)4/h5-7,12H,8-11,13H2,1-4H3. The lowest BCUT2D eigenvalue weighted by molar-refractivity contribution is -0.144. The van der Waals surface area contributed by atoms with Gasteiger partial charge in [-0.3, -0.25) is 9.59 Å². The van der Waals surface area contributed by atoms with Crippen molar-refractivity contribution in [1.29, 1.82) is 0 Å². The Hall–Kier alpha value is -2.38. The summed E-state index contributed by atoms with van der Waals surface area (Å²) < 4.78 is 44.2. The molecular weight excluding hydrogens is 387 g/mol. The summed E-state index contributed by atoms with van der Waals surface area (Å²) in [5.41, 5.74) is -2.57. The summed E-state index contributed by atoms with van der Waals surface area (Å²) in [5, 5.41) is 0. The van der Waals surface area contributed by atoms with Crippen LogP contribution in [0.2, 0.25) is 0 Å². The van der Waals surface area contributed by atoms with E-state index in [1.54, 1.807) is 20.8 Å². The maximum Gasteiger partial charge on any atom is 0.416 e. The van der Waals surface area contributed by atoms with E-state index in [2.05, 4.69) is 0 Å². The molecule has 2 rings (SSSR count). The summed E-state index contributed by atoms with van der Waals surface area (Å²) in [6, 6.07) is 4.82. The van der Waals surface area contributed by atoms with Crippen LogP contribution in [0.25, 0.3) is 0 Å². The molecule has 0 bridgehead atoms. The molecule has 1 heterocycles. The highest BCUT2D eigenvalue weighted by atomic mass is 19.4. The van der Waals surface area contributed by atoms with E-state index in [9.17, 15) is 27.6 Å². The summed E-state index contributed by atoms with van der Waals surface area (Å²) in [7, 11) is 0. The molecule has 0 N–H and O–H groups in total. The monoisotopic (exact) mass is 413 g/mol. The fourth-order valence-corrected chi connectivity index (χ4v) is 3.41. The molecule has 1 atom stereocenters. The molecule has 0 aromatic heterocycles. The van der Waals surface area contributed by atoms with Gasteiger partial charge in [0.1, 0.15) is 22.6 Å². The summed E-state index contributed by atoms with van der Waals surface area (Å²) in [6.45, 7) is 6.44. The van der Waals surface area contributed by atoms with Crippen molar-refractivity contribution >= 4 is 17.7 Å². The van der Waals surface area contributed by atoms with Crippen molar-refractivity contribution < 1.29 is 32.3 Å². The van der Waals surface area contributed by atoms with Crippen LogP contribution in [0.5, 0.6) is 0 Å². The predicted octanol–water partition coefficient (Wildman–Crippen LogP) is 4.42. The van der Waals surface area contributed by atoms with Gasteiger partial charge in [0.05, 0.1) is 5.56 Å². The maximum absolute atomic E-state index is 12.9. The van der Waals surface area contributed by atoms with E-state index in [0.29, 0.717) is 5.56 Å². The third-order valence-electron chi connectivity index (χ3n) is 5.02. The molecule has 8 heteroatoms. The number of piperidine rings is 1. The fourth-order valence-electron chi connectivity index (χ4n) is 3.41. The van der Waals surface area contributed by atoms with Gasteiger partial charge in [0.2, 0.25) is 0 Å². The molecule has 1 fully saturated rings. The number of ether oxygens (including phenoxy) is 1. The number of hydrogen-bond donors (Lipinski definition) is 0. The lowest BCUT2D eigenvalue weighted by atomic mass is 9.71. The van der Waals surface area contributed by atoms with Crippen LogP contribution in [0.15, 0.2) is 24.3 Å². The van der Waals surface area contributed by atoms with E-state index in [-0.39, 0.29) is 38.1 Å². The molecule has 5 nitrogen and oxygen atoms in total. The molecule has 1 aliphatic rings. The van der Waals surface area contributed by atoms with Crippen LogP contribution < -0.4 is 0 Å². The van der Waals surface area contributed by atoms with E-state index in [0.717, 1.165) is 12.1 Å². The highest BCUT2D eigenvalue weighted by Gasteiger charge is 2.48. The summed E-state index contributed by atoms with van der Waals surface area (Å²) in [6.07, 6.45) is -4.95. The number of carbonyl (C=O) groups excluding carboxylic acids is 3. The Kier molecular flexibility index (Phi) is 6.45. The van der Waals surface area contributed by atoms with Gasteiger partial charge in [-0.1, -0.05) is 18.2 Å². The van der Waals surface area contributed by atoms with Crippen molar-refractivity contribution in [3.63, 3.8) is 0 Å². The number of carbonyl (C=O) groups is 3. The molecule has 1 amide bonds. The van der Waals surface area contributed by atoms with Crippen LogP contribution in [0.3, 0.4) is 0 Å². The fraction of sp³-hybridized carbons (Fsp3) is 0.571. The smallest absolute Gasteiger partial charge is 0.416 e. The number of Topliss-reactive ketones (excluding diaryl/α,β-unsaturated/α-hetero) is 2. The van der Waals surface area contributed by atoms with Gasteiger partial charge in [0, 0.05) is 19.5 Å². The Balaban J connectivity index is 2.22. The molecule has 1 unspecified atom stereocenters. The third kappa shape index (κ3) is 5.58. The van der Waals surface area contributed by atoms with Crippen LogP contribution >= 0.6 is 0 Å². The zero-order valence-electron chi connectivity index (χ0n) is 17.1. The van der Waals surface area contributed by atoms with Crippen molar-refractivity contribution in [3.8, 4) is 0 Å². The third-order valence-corrected chi connectivity index (χ3v) is 5.02. The minimum absolute atomic E-state index is 0.00140. The number of rotatable bonds is 4. The second-order valence-electron chi connectivity index (χ2n) is 8.41. The molecule has 1 saturated heterocycles. The van der Waals surface area contributed by atoms with Crippen molar-refractivity contribution in [2.45, 2.75) is 58.7 Å². The first-order valence-electron chi connectivity index (χ1n) is 9.43. The molecule has 29 heavy (non-hydrogen) atoms. The van der Waals surface area contributed by atoms with Crippen molar-refractivity contribution in [2.24, 2.45) is 5.41 Å². The Morgan fingerprint density at radius 3 is 2.41 bits per heavy atom. The first kappa shape index (κ1) is 22.9. The minimum atomic E-state index is -4.47. The maximum atomic E-state index is 12.9. The quantitative estimate of drug-likeness (QED) is 0.686. The molecule has 1 aromatic carbocycles. The van der Waals surface area contributed by atoms with Crippen molar-refractivity contribution in [3.05, 3.63) is 35.4 Å². The number of aryl methyl sites for hydroxylation is 1. The summed E-state index contributed by atoms with van der Waals surface area (Å²) in [4.78, 5) is 38.9. The molecule has 160 valence electrons. The van der Waals surface area contributed by atoms with Gasteiger partial charge in [-0.2, -0.15) is 13.2 Å².